The molecule has 0 aromatic heterocycles. The number of carbonyl (C=O) groups excluding carboxylic acids is 1. The summed E-state index contributed by atoms with van der Waals surface area (Å²) in [7, 11) is 0. The minimum atomic E-state index is -0.609. The Morgan fingerprint density at radius 2 is 2.19 bits per heavy atom. The Balaban J connectivity index is 1.96. The number of aryl methyl sites for hydroxylation is 1. The number of hydrazone groups is 1. The third-order valence-electron chi connectivity index (χ3n) is 3.18. The first-order valence-corrected chi connectivity index (χ1v) is 8.32. The summed E-state index contributed by atoms with van der Waals surface area (Å²) in [5.41, 5.74) is 2.86. The smallest absolute Gasteiger partial charge is 0.277 e. The van der Waals surface area contributed by atoms with Crippen LogP contribution in [0.15, 0.2) is 39.9 Å². The molecule has 0 atom stereocenters. The van der Waals surface area contributed by atoms with Gasteiger partial charge in [-0.25, -0.2) is 5.43 Å². The second-order valence-electron chi connectivity index (χ2n) is 5.12. The molecule has 0 heterocycles. The van der Waals surface area contributed by atoms with E-state index in [0.29, 0.717) is 10.8 Å². The molecular weight excluding hydrogens is 430 g/mol. The molecule has 2 aromatic carbocycles. The summed E-state index contributed by atoms with van der Waals surface area (Å²) < 4.78 is 5.45. The van der Waals surface area contributed by atoms with Crippen molar-refractivity contribution in [1.29, 1.82) is 0 Å². The Morgan fingerprint density at radius 1 is 1.46 bits per heavy atom. The number of phenols is 1. The minimum Gasteiger partial charge on any atom is -0.506 e. The van der Waals surface area contributed by atoms with Gasteiger partial charge in [0.05, 0.1) is 15.6 Å². The molecule has 0 unspecified atom stereocenters. The highest BCUT2D eigenvalue weighted by Crippen LogP contribution is 2.31. The zero-order valence-corrected chi connectivity index (χ0v) is 15.7. The molecular formula is C16H13BrClN3O5. The van der Waals surface area contributed by atoms with Gasteiger partial charge in [-0.2, -0.15) is 5.10 Å². The van der Waals surface area contributed by atoms with Gasteiger partial charge >= 0.3 is 0 Å². The van der Waals surface area contributed by atoms with Crippen LogP contribution in [0.5, 0.6) is 11.5 Å². The van der Waals surface area contributed by atoms with Gasteiger partial charge in [0.2, 0.25) is 0 Å². The average molecular weight is 443 g/mol. The Hall–Kier alpha value is -2.65. The number of amides is 1. The Bertz CT molecular complexity index is 888. The molecule has 136 valence electrons. The highest BCUT2D eigenvalue weighted by molar-refractivity contribution is 9.10. The number of hydrogen-bond acceptors (Lipinski definition) is 6. The first-order chi connectivity index (χ1) is 12.3. The average Bonchev–Trinajstić information content (AvgIpc) is 2.59. The van der Waals surface area contributed by atoms with Gasteiger partial charge < -0.3 is 9.84 Å². The number of benzene rings is 2. The lowest BCUT2D eigenvalue weighted by molar-refractivity contribution is -0.385. The van der Waals surface area contributed by atoms with Crippen molar-refractivity contribution in [2.75, 3.05) is 6.61 Å². The van der Waals surface area contributed by atoms with Gasteiger partial charge in [0.25, 0.3) is 11.6 Å². The van der Waals surface area contributed by atoms with Crippen molar-refractivity contribution in [3.8, 4) is 11.5 Å². The van der Waals surface area contributed by atoms with Crippen LogP contribution >= 0.6 is 27.5 Å². The fourth-order valence-electron chi connectivity index (χ4n) is 1.87. The summed E-state index contributed by atoms with van der Waals surface area (Å²) in [6.07, 6.45) is 1.09. The number of rotatable bonds is 6. The van der Waals surface area contributed by atoms with Crippen molar-refractivity contribution in [3.05, 3.63) is 61.1 Å². The first-order valence-electron chi connectivity index (χ1n) is 7.15. The van der Waals surface area contributed by atoms with Crippen molar-refractivity contribution < 1.29 is 19.6 Å². The zero-order chi connectivity index (χ0) is 19.3. The number of nitrogens with zero attached hydrogens (tertiary/aromatic N) is 2. The Kier molecular flexibility index (Phi) is 6.53. The van der Waals surface area contributed by atoms with Gasteiger partial charge in [0.1, 0.15) is 11.5 Å². The molecule has 0 bridgehead atoms. The Labute approximate surface area is 161 Å². The van der Waals surface area contributed by atoms with Crippen molar-refractivity contribution in [3.63, 3.8) is 0 Å². The number of aromatic hydroxyl groups is 1. The summed E-state index contributed by atoms with van der Waals surface area (Å²) in [4.78, 5) is 21.9. The maximum absolute atomic E-state index is 11.7. The third kappa shape index (κ3) is 5.17. The number of hydrogen-bond donors (Lipinski definition) is 2. The highest BCUT2D eigenvalue weighted by Gasteiger charge is 2.13. The second kappa shape index (κ2) is 8.63. The van der Waals surface area contributed by atoms with E-state index in [0.717, 1.165) is 23.9 Å². The molecule has 0 saturated heterocycles. The van der Waals surface area contributed by atoms with E-state index < -0.39 is 10.8 Å². The van der Waals surface area contributed by atoms with E-state index in [1.54, 1.807) is 18.2 Å². The molecule has 2 N–H and O–H groups in total. The van der Waals surface area contributed by atoms with Gasteiger partial charge in [-0.15, -0.1) is 0 Å². The van der Waals surface area contributed by atoms with Gasteiger partial charge in [0.15, 0.2) is 6.61 Å². The van der Waals surface area contributed by atoms with Crippen LogP contribution in [0.4, 0.5) is 5.69 Å². The summed E-state index contributed by atoms with van der Waals surface area (Å²) in [6.45, 7) is 1.52. The predicted octanol–water partition coefficient (Wildman–Crippen LogP) is 3.55. The van der Waals surface area contributed by atoms with Gasteiger partial charge in [-0.3, -0.25) is 14.9 Å². The highest BCUT2D eigenvalue weighted by atomic mass is 79.9. The quantitative estimate of drug-likeness (QED) is 0.403. The number of nitro groups is 1. The number of phenolic OH excluding ortho intramolecular Hbond substituents is 1. The van der Waals surface area contributed by atoms with Gasteiger partial charge in [-0.1, -0.05) is 11.6 Å². The molecule has 0 aliphatic rings. The molecule has 0 aliphatic carbocycles. The summed E-state index contributed by atoms with van der Waals surface area (Å²) in [5, 5.41) is 24.9. The number of non-ortho nitro benzene ring substituents is 1. The lowest BCUT2D eigenvalue weighted by Crippen LogP contribution is -2.24. The van der Waals surface area contributed by atoms with Crippen molar-refractivity contribution in [2.45, 2.75) is 6.92 Å². The third-order valence-corrected chi connectivity index (χ3v) is 4.21. The first kappa shape index (κ1) is 19.7. The topological polar surface area (TPSA) is 114 Å². The number of ether oxygens (including phenoxy) is 1. The van der Waals surface area contributed by atoms with Crippen molar-refractivity contribution in [1.82, 2.24) is 5.43 Å². The van der Waals surface area contributed by atoms with Crippen LogP contribution in [-0.2, 0) is 4.79 Å². The zero-order valence-electron chi connectivity index (χ0n) is 13.4. The molecule has 10 heteroatoms. The molecule has 0 aliphatic heterocycles. The van der Waals surface area contributed by atoms with Gasteiger partial charge in [-0.05, 0) is 46.6 Å². The molecule has 2 rings (SSSR count). The molecule has 2 aromatic rings. The molecule has 26 heavy (non-hydrogen) atoms. The number of nitrogens with one attached hydrogen (secondary N) is 1. The molecule has 8 nitrogen and oxygen atoms in total. The van der Waals surface area contributed by atoms with E-state index in [2.05, 4.69) is 26.5 Å². The summed E-state index contributed by atoms with van der Waals surface area (Å²) in [6, 6.07) is 7.27. The monoisotopic (exact) mass is 441 g/mol. The molecule has 0 fully saturated rings. The van der Waals surface area contributed by atoms with E-state index in [4.69, 9.17) is 16.3 Å². The second-order valence-corrected chi connectivity index (χ2v) is 6.38. The van der Waals surface area contributed by atoms with Crippen LogP contribution in [0.2, 0.25) is 5.02 Å². The minimum absolute atomic E-state index is 0.0700. The van der Waals surface area contributed by atoms with Crippen LogP contribution in [-0.4, -0.2) is 28.8 Å². The molecule has 0 radical (unpaired) electrons. The standard InChI is InChI=1S/C16H13BrClN3O5/c1-9-4-12(2-3-14(9)18)26-8-15(22)20-19-7-10-5-11(21(24)25)6-13(17)16(10)23/h2-7,23H,8H2,1H3,(H,20,22)/b19-7+. The molecule has 1 amide bonds. The van der Waals surface area contributed by atoms with E-state index >= 15 is 0 Å². The Morgan fingerprint density at radius 3 is 2.85 bits per heavy atom. The largest absolute Gasteiger partial charge is 0.506 e. The van der Waals surface area contributed by atoms with Crippen LogP contribution in [0, 0.1) is 17.0 Å². The van der Waals surface area contributed by atoms with Crippen LogP contribution in [0.1, 0.15) is 11.1 Å². The lowest BCUT2D eigenvalue weighted by Gasteiger charge is -2.06. The van der Waals surface area contributed by atoms with E-state index in [1.807, 2.05) is 6.92 Å². The van der Waals surface area contributed by atoms with Crippen LogP contribution < -0.4 is 10.2 Å². The van der Waals surface area contributed by atoms with E-state index in [-0.39, 0.29) is 28.1 Å². The van der Waals surface area contributed by atoms with Crippen LogP contribution in [0.3, 0.4) is 0 Å². The van der Waals surface area contributed by atoms with Crippen LogP contribution in [0.25, 0.3) is 0 Å². The van der Waals surface area contributed by atoms with E-state index in [1.165, 1.54) is 0 Å². The maximum Gasteiger partial charge on any atom is 0.277 e. The lowest BCUT2D eigenvalue weighted by atomic mass is 10.2. The fourth-order valence-corrected chi connectivity index (χ4v) is 2.45. The number of nitro benzene ring substituents is 1. The van der Waals surface area contributed by atoms with E-state index in [9.17, 15) is 20.0 Å². The molecule has 0 spiro atoms. The predicted molar refractivity (Wildman–Crippen MR) is 99.9 cm³/mol. The van der Waals surface area contributed by atoms with Crippen molar-refractivity contribution >= 4 is 45.3 Å². The summed E-state index contributed by atoms with van der Waals surface area (Å²) in [5.74, 6) is -0.300. The molecule has 0 saturated carbocycles. The summed E-state index contributed by atoms with van der Waals surface area (Å²) >= 11 is 8.92. The SMILES string of the molecule is Cc1cc(OCC(=O)N/N=C/c2cc([N+](=O)[O-])cc(Br)c2O)ccc1Cl. The fraction of sp³-hybridized carbons (Fsp3) is 0.125. The van der Waals surface area contributed by atoms with Gasteiger partial charge in [0, 0.05) is 22.7 Å². The number of halogens is 2. The normalized spacial score (nSPS) is 10.7. The number of carbonyl (C=O) groups is 1. The van der Waals surface area contributed by atoms with Crippen molar-refractivity contribution in [2.24, 2.45) is 5.10 Å². The maximum atomic E-state index is 11.7.